The number of halogens is 2. The summed E-state index contributed by atoms with van der Waals surface area (Å²) in [5.41, 5.74) is 2.01. The fraction of sp³-hybridized carbons (Fsp3) is 0.500. The van der Waals surface area contributed by atoms with Gasteiger partial charge in [0.1, 0.15) is 0 Å². The van der Waals surface area contributed by atoms with Crippen molar-refractivity contribution in [2.75, 3.05) is 13.7 Å². The molecule has 21 heavy (non-hydrogen) atoms. The molecule has 0 fully saturated rings. The summed E-state index contributed by atoms with van der Waals surface area (Å²) in [6, 6.07) is 5.42. The van der Waals surface area contributed by atoms with Gasteiger partial charge in [0.2, 0.25) is 0 Å². The van der Waals surface area contributed by atoms with Gasteiger partial charge in [-0.2, -0.15) is 8.78 Å². The van der Waals surface area contributed by atoms with Crippen molar-refractivity contribution in [3.05, 3.63) is 29.3 Å². The Labute approximate surface area is 124 Å². The predicted molar refractivity (Wildman–Crippen MR) is 81.0 cm³/mol. The molecule has 0 unspecified atom stereocenters. The van der Waals surface area contributed by atoms with E-state index in [0.29, 0.717) is 11.8 Å². The minimum absolute atomic E-state index is 0.0496. The van der Waals surface area contributed by atoms with Gasteiger partial charge in [0.15, 0.2) is 11.5 Å². The van der Waals surface area contributed by atoms with Gasteiger partial charge in [-0.05, 0) is 24.1 Å². The van der Waals surface area contributed by atoms with Crippen LogP contribution >= 0.6 is 0 Å². The SMILES string of the molecule is CCC(=Cc1ccc(OC)c(OC(F)F)c1)CNC(C)C. The first-order valence-electron chi connectivity index (χ1n) is 7.02. The van der Waals surface area contributed by atoms with E-state index in [4.69, 9.17) is 4.74 Å². The van der Waals surface area contributed by atoms with Crippen LogP contribution in [0.5, 0.6) is 11.5 Å². The maximum atomic E-state index is 12.4. The van der Waals surface area contributed by atoms with E-state index in [9.17, 15) is 8.78 Å². The molecule has 5 heteroatoms. The fourth-order valence-electron chi connectivity index (χ4n) is 1.82. The highest BCUT2D eigenvalue weighted by atomic mass is 19.3. The van der Waals surface area contributed by atoms with E-state index in [1.165, 1.54) is 12.7 Å². The first-order valence-corrected chi connectivity index (χ1v) is 7.02. The van der Waals surface area contributed by atoms with Crippen molar-refractivity contribution >= 4 is 6.08 Å². The summed E-state index contributed by atoms with van der Waals surface area (Å²) in [5.74, 6) is 0.347. The Bertz CT molecular complexity index is 473. The number of alkyl halides is 2. The van der Waals surface area contributed by atoms with Gasteiger partial charge in [-0.25, -0.2) is 0 Å². The van der Waals surface area contributed by atoms with E-state index >= 15 is 0 Å². The highest BCUT2D eigenvalue weighted by Gasteiger charge is 2.11. The number of benzene rings is 1. The van der Waals surface area contributed by atoms with Crippen LogP contribution in [0.25, 0.3) is 6.08 Å². The van der Waals surface area contributed by atoms with Crippen molar-refractivity contribution in [3.8, 4) is 11.5 Å². The van der Waals surface area contributed by atoms with Crippen molar-refractivity contribution in [1.82, 2.24) is 5.32 Å². The molecule has 1 N–H and O–H groups in total. The van der Waals surface area contributed by atoms with Gasteiger partial charge in [-0.3, -0.25) is 0 Å². The van der Waals surface area contributed by atoms with Gasteiger partial charge in [0.25, 0.3) is 0 Å². The van der Waals surface area contributed by atoms with Crippen LogP contribution in [-0.4, -0.2) is 26.3 Å². The second-order valence-electron chi connectivity index (χ2n) is 4.98. The van der Waals surface area contributed by atoms with Crippen LogP contribution in [-0.2, 0) is 0 Å². The maximum absolute atomic E-state index is 12.4. The molecular weight excluding hydrogens is 276 g/mol. The Morgan fingerprint density at radius 1 is 1.29 bits per heavy atom. The fourth-order valence-corrected chi connectivity index (χ4v) is 1.82. The zero-order valence-electron chi connectivity index (χ0n) is 13.0. The molecule has 0 radical (unpaired) electrons. The van der Waals surface area contributed by atoms with Crippen LogP contribution in [0.4, 0.5) is 8.78 Å². The van der Waals surface area contributed by atoms with Crippen molar-refractivity contribution in [1.29, 1.82) is 0 Å². The van der Waals surface area contributed by atoms with Gasteiger partial charge in [0.05, 0.1) is 7.11 Å². The Balaban J connectivity index is 2.95. The predicted octanol–water partition coefficient (Wildman–Crippen LogP) is 4.09. The van der Waals surface area contributed by atoms with E-state index in [-0.39, 0.29) is 5.75 Å². The topological polar surface area (TPSA) is 30.5 Å². The molecule has 1 rings (SSSR count). The van der Waals surface area contributed by atoms with Crippen LogP contribution in [0.1, 0.15) is 32.8 Å². The summed E-state index contributed by atoms with van der Waals surface area (Å²) in [6.45, 7) is 4.12. The summed E-state index contributed by atoms with van der Waals surface area (Å²) in [7, 11) is 1.42. The number of hydrogen-bond acceptors (Lipinski definition) is 3. The molecule has 1 aromatic rings. The molecule has 0 heterocycles. The van der Waals surface area contributed by atoms with Crippen LogP contribution < -0.4 is 14.8 Å². The van der Waals surface area contributed by atoms with Crippen molar-refractivity contribution in [2.45, 2.75) is 39.8 Å². The molecule has 0 aliphatic carbocycles. The van der Waals surface area contributed by atoms with Gasteiger partial charge in [-0.1, -0.05) is 38.5 Å². The molecule has 118 valence electrons. The summed E-state index contributed by atoms with van der Waals surface area (Å²) in [6.07, 6.45) is 2.87. The van der Waals surface area contributed by atoms with E-state index in [2.05, 4.69) is 30.8 Å². The molecule has 1 aromatic carbocycles. The summed E-state index contributed by atoms with van der Waals surface area (Å²) in [4.78, 5) is 0. The zero-order valence-corrected chi connectivity index (χ0v) is 13.0. The Morgan fingerprint density at radius 3 is 2.52 bits per heavy atom. The highest BCUT2D eigenvalue weighted by molar-refractivity contribution is 5.58. The summed E-state index contributed by atoms with van der Waals surface area (Å²) >= 11 is 0. The lowest BCUT2D eigenvalue weighted by Gasteiger charge is -2.12. The normalized spacial score (nSPS) is 12.1. The van der Waals surface area contributed by atoms with Crippen molar-refractivity contribution in [3.63, 3.8) is 0 Å². The lowest BCUT2D eigenvalue weighted by Crippen LogP contribution is -2.24. The second-order valence-corrected chi connectivity index (χ2v) is 4.98. The summed E-state index contributed by atoms with van der Waals surface area (Å²) in [5, 5.41) is 3.34. The van der Waals surface area contributed by atoms with E-state index < -0.39 is 6.61 Å². The van der Waals surface area contributed by atoms with Crippen LogP contribution in [0.2, 0.25) is 0 Å². The first kappa shape index (κ1) is 17.4. The third kappa shape index (κ3) is 6.12. The molecule has 0 amide bonds. The van der Waals surface area contributed by atoms with E-state index in [0.717, 1.165) is 18.5 Å². The van der Waals surface area contributed by atoms with Crippen molar-refractivity contribution in [2.24, 2.45) is 0 Å². The lowest BCUT2D eigenvalue weighted by atomic mass is 10.1. The van der Waals surface area contributed by atoms with Gasteiger partial charge >= 0.3 is 6.61 Å². The highest BCUT2D eigenvalue weighted by Crippen LogP contribution is 2.30. The smallest absolute Gasteiger partial charge is 0.387 e. The van der Waals surface area contributed by atoms with Crippen LogP contribution in [0.15, 0.2) is 23.8 Å². The zero-order chi connectivity index (χ0) is 15.8. The molecule has 0 spiro atoms. The van der Waals surface area contributed by atoms with E-state index in [1.807, 2.05) is 12.1 Å². The molecule has 3 nitrogen and oxygen atoms in total. The number of rotatable bonds is 8. The molecule has 0 aliphatic rings. The molecule has 0 atom stereocenters. The molecule has 0 aliphatic heterocycles. The number of methoxy groups -OCH3 is 1. The minimum Gasteiger partial charge on any atom is -0.493 e. The number of ether oxygens (including phenoxy) is 2. The maximum Gasteiger partial charge on any atom is 0.387 e. The third-order valence-electron chi connectivity index (χ3n) is 2.97. The first-order chi connectivity index (χ1) is 9.96. The Kier molecular flexibility index (Phi) is 7.15. The summed E-state index contributed by atoms with van der Waals surface area (Å²) < 4.78 is 34.3. The molecule has 0 aromatic heterocycles. The average Bonchev–Trinajstić information content (AvgIpc) is 2.42. The molecule has 0 bridgehead atoms. The number of nitrogens with one attached hydrogen (secondary N) is 1. The largest absolute Gasteiger partial charge is 0.493 e. The number of hydrogen-bond donors (Lipinski definition) is 1. The molecule has 0 saturated heterocycles. The average molecular weight is 299 g/mol. The van der Waals surface area contributed by atoms with Gasteiger partial charge in [-0.15, -0.1) is 0 Å². The van der Waals surface area contributed by atoms with Crippen LogP contribution in [0.3, 0.4) is 0 Å². The minimum atomic E-state index is -2.87. The third-order valence-corrected chi connectivity index (χ3v) is 2.97. The standard InChI is InChI=1S/C16H23F2NO2/c1-5-12(10-19-11(2)3)8-13-6-7-14(20-4)15(9-13)21-16(17)18/h6-9,11,16,19H,5,10H2,1-4H3. The monoisotopic (exact) mass is 299 g/mol. The van der Waals surface area contributed by atoms with Gasteiger partial charge < -0.3 is 14.8 Å². The quantitative estimate of drug-likeness (QED) is 0.784. The second kappa shape index (κ2) is 8.62. The molecule has 0 saturated carbocycles. The van der Waals surface area contributed by atoms with Crippen molar-refractivity contribution < 1.29 is 18.3 Å². The Hall–Kier alpha value is -1.62. The van der Waals surface area contributed by atoms with E-state index in [1.54, 1.807) is 12.1 Å². The Morgan fingerprint density at radius 2 is 2.00 bits per heavy atom. The van der Waals surface area contributed by atoms with Gasteiger partial charge in [0, 0.05) is 12.6 Å². The molecular formula is C16H23F2NO2. The lowest BCUT2D eigenvalue weighted by molar-refractivity contribution is -0.0512. The van der Waals surface area contributed by atoms with Crippen LogP contribution in [0, 0.1) is 0 Å².